The Hall–Kier alpha value is -1.92. The van der Waals surface area contributed by atoms with E-state index in [9.17, 15) is 9.90 Å². The van der Waals surface area contributed by atoms with Crippen LogP contribution in [0.4, 0.5) is 0 Å². The summed E-state index contributed by atoms with van der Waals surface area (Å²) in [5.41, 5.74) is 2.73. The maximum atomic E-state index is 11.5. The fraction of sp³-hybridized carbons (Fsp3) is 0.133. The van der Waals surface area contributed by atoms with Crippen molar-refractivity contribution in [3.8, 4) is 0 Å². The van der Waals surface area contributed by atoms with Crippen LogP contribution in [-0.2, 0) is 0 Å². The summed E-state index contributed by atoms with van der Waals surface area (Å²) >= 11 is 2.74. The molecule has 2 heterocycles. The van der Waals surface area contributed by atoms with Gasteiger partial charge in [-0.3, -0.25) is 0 Å². The molecule has 0 unspecified atom stereocenters. The summed E-state index contributed by atoms with van der Waals surface area (Å²) in [6, 6.07) is 9.62. The van der Waals surface area contributed by atoms with E-state index >= 15 is 0 Å². The highest BCUT2D eigenvalue weighted by atomic mass is 32.2. The quantitative estimate of drug-likeness (QED) is 0.786. The van der Waals surface area contributed by atoms with E-state index < -0.39 is 5.97 Å². The zero-order valence-corrected chi connectivity index (χ0v) is 13.1. The van der Waals surface area contributed by atoms with Gasteiger partial charge in [0.1, 0.15) is 5.03 Å². The molecule has 0 bridgehead atoms. The third-order valence-electron chi connectivity index (χ3n) is 3.07. The van der Waals surface area contributed by atoms with Crippen LogP contribution in [0.15, 0.2) is 39.6 Å². The van der Waals surface area contributed by atoms with E-state index in [0.29, 0.717) is 5.03 Å². The molecule has 0 saturated heterocycles. The van der Waals surface area contributed by atoms with E-state index in [2.05, 4.69) is 9.36 Å². The minimum absolute atomic E-state index is 0.267. The van der Waals surface area contributed by atoms with Gasteiger partial charge >= 0.3 is 5.97 Å². The highest BCUT2D eigenvalue weighted by molar-refractivity contribution is 8.01. The Bertz CT molecular complexity index is 843. The zero-order valence-electron chi connectivity index (χ0n) is 11.5. The number of carboxylic acid groups (broad SMARTS) is 1. The molecular weight excluding hydrogens is 304 g/mol. The average Bonchev–Trinajstić information content (AvgIpc) is 2.81. The van der Waals surface area contributed by atoms with Gasteiger partial charge in [-0.15, -0.1) is 0 Å². The molecule has 0 saturated carbocycles. The van der Waals surface area contributed by atoms with Crippen LogP contribution in [0, 0.1) is 13.8 Å². The molecule has 0 atom stereocenters. The number of pyridine rings is 1. The molecule has 0 spiro atoms. The summed E-state index contributed by atoms with van der Waals surface area (Å²) in [7, 11) is 0. The second-order valence-corrected chi connectivity index (χ2v) is 6.69. The van der Waals surface area contributed by atoms with E-state index in [1.165, 1.54) is 23.3 Å². The summed E-state index contributed by atoms with van der Waals surface area (Å²) in [6.07, 6.45) is 0. The normalized spacial score (nSPS) is 11.0. The molecule has 0 amide bonds. The second kappa shape index (κ2) is 5.46. The van der Waals surface area contributed by atoms with E-state index in [-0.39, 0.29) is 5.56 Å². The van der Waals surface area contributed by atoms with Gasteiger partial charge in [-0.1, -0.05) is 30.0 Å². The van der Waals surface area contributed by atoms with Crippen LogP contribution in [-0.4, -0.2) is 20.4 Å². The fourth-order valence-electron chi connectivity index (χ4n) is 2.16. The third-order valence-corrected chi connectivity index (χ3v) is 5.11. The number of carbonyl (C=O) groups is 1. The molecule has 0 aliphatic heterocycles. The lowest BCUT2D eigenvalue weighted by Gasteiger charge is -2.08. The van der Waals surface area contributed by atoms with E-state index in [1.807, 2.05) is 31.2 Å². The lowest BCUT2D eigenvalue weighted by Crippen LogP contribution is -2.05. The van der Waals surface area contributed by atoms with Gasteiger partial charge in [0.25, 0.3) is 0 Å². The number of aromatic nitrogens is 2. The molecule has 1 aromatic carbocycles. The van der Waals surface area contributed by atoms with Crippen molar-refractivity contribution in [1.82, 2.24) is 9.36 Å². The molecule has 3 aromatic rings. The molecule has 4 nitrogen and oxygen atoms in total. The summed E-state index contributed by atoms with van der Waals surface area (Å²) < 4.78 is 5.34. The van der Waals surface area contributed by atoms with E-state index in [0.717, 1.165) is 26.4 Å². The van der Waals surface area contributed by atoms with Crippen molar-refractivity contribution in [3.05, 3.63) is 47.2 Å². The van der Waals surface area contributed by atoms with Crippen molar-refractivity contribution in [2.45, 2.75) is 23.1 Å². The van der Waals surface area contributed by atoms with Crippen molar-refractivity contribution in [2.24, 2.45) is 0 Å². The van der Waals surface area contributed by atoms with E-state index in [1.54, 1.807) is 13.0 Å². The van der Waals surface area contributed by atoms with Crippen LogP contribution in [0.2, 0.25) is 0 Å². The Morgan fingerprint density at radius 2 is 2.05 bits per heavy atom. The van der Waals surface area contributed by atoms with Gasteiger partial charge in [0.15, 0.2) is 0 Å². The average molecular weight is 316 g/mol. The highest BCUT2D eigenvalue weighted by Gasteiger charge is 2.18. The molecule has 3 rings (SSSR count). The number of carboxylic acids is 1. The van der Waals surface area contributed by atoms with Crippen molar-refractivity contribution in [2.75, 3.05) is 0 Å². The molecule has 1 N–H and O–H groups in total. The third kappa shape index (κ3) is 2.64. The molecule has 2 aromatic heterocycles. The second-order valence-electron chi connectivity index (χ2n) is 4.66. The number of benzene rings is 1. The van der Waals surface area contributed by atoms with Crippen molar-refractivity contribution in [1.29, 1.82) is 0 Å². The topological polar surface area (TPSA) is 63.1 Å². The van der Waals surface area contributed by atoms with Crippen LogP contribution in [0.3, 0.4) is 0 Å². The van der Waals surface area contributed by atoms with Crippen molar-refractivity contribution >= 4 is 40.2 Å². The molecule has 106 valence electrons. The van der Waals surface area contributed by atoms with Crippen molar-refractivity contribution < 1.29 is 9.90 Å². The number of fused-ring (bicyclic) bond motifs is 1. The Labute approximate surface area is 130 Å². The smallest absolute Gasteiger partial charge is 0.338 e. The van der Waals surface area contributed by atoms with Crippen LogP contribution in [0.5, 0.6) is 0 Å². The first-order chi connectivity index (χ1) is 10.1. The maximum absolute atomic E-state index is 11.5. The van der Waals surface area contributed by atoms with Gasteiger partial charge in [-0.2, -0.15) is 4.37 Å². The molecular formula is C15H12N2O2S2. The minimum Gasteiger partial charge on any atom is -0.478 e. The number of rotatable bonds is 3. The molecule has 21 heavy (non-hydrogen) atoms. The van der Waals surface area contributed by atoms with Gasteiger partial charge in [-0.05, 0) is 43.1 Å². The predicted molar refractivity (Wildman–Crippen MR) is 84.4 cm³/mol. The van der Waals surface area contributed by atoms with Crippen LogP contribution >= 0.6 is 23.3 Å². The molecule has 0 radical (unpaired) electrons. The van der Waals surface area contributed by atoms with E-state index in [4.69, 9.17) is 0 Å². The lowest BCUT2D eigenvalue weighted by molar-refractivity contribution is 0.0691. The number of aryl methyl sites for hydroxylation is 2. The Morgan fingerprint density at radius 3 is 2.81 bits per heavy atom. The first-order valence-corrected chi connectivity index (χ1v) is 7.89. The summed E-state index contributed by atoms with van der Waals surface area (Å²) in [5, 5.41) is 11.0. The van der Waals surface area contributed by atoms with Gasteiger partial charge in [0.05, 0.1) is 15.3 Å². The SMILES string of the molecule is Cc1cc(C)c(C(=O)O)c(Sc2snc3ccccc23)n1. The molecule has 0 aliphatic carbocycles. The molecule has 0 aliphatic rings. The molecule has 6 heteroatoms. The monoisotopic (exact) mass is 316 g/mol. The largest absolute Gasteiger partial charge is 0.478 e. The number of nitrogens with zero attached hydrogens (tertiary/aromatic N) is 2. The van der Waals surface area contributed by atoms with Crippen LogP contribution < -0.4 is 0 Å². The summed E-state index contributed by atoms with van der Waals surface area (Å²) in [6.45, 7) is 3.67. The highest BCUT2D eigenvalue weighted by Crippen LogP contribution is 2.38. The Morgan fingerprint density at radius 1 is 1.29 bits per heavy atom. The zero-order chi connectivity index (χ0) is 15.0. The number of hydrogen-bond donors (Lipinski definition) is 1. The van der Waals surface area contributed by atoms with Crippen LogP contribution in [0.1, 0.15) is 21.6 Å². The maximum Gasteiger partial charge on any atom is 0.338 e. The first kappa shape index (κ1) is 14.0. The lowest BCUT2D eigenvalue weighted by atomic mass is 10.1. The Balaban J connectivity index is 2.11. The summed E-state index contributed by atoms with van der Waals surface area (Å²) in [4.78, 5) is 15.9. The summed E-state index contributed by atoms with van der Waals surface area (Å²) in [5.74, 6) is -0.948. The van der Waals surface area contributed by atoms with Gasteiger partial charge < -0.3 is 5.11 Å². The van der Waals surface area contributed by atoms with Gasteiger partial charge in [-0.25, -0.2) is 9.78 Å². The number of aromatic carboxylic acids is 1. The fourth-order valence-corrected chi connectivity index (χ4v) is 4.27. The van der Waals surface area contributed by atoms with Crippen LogP contribution in [0.25, 0.3) is 10.9 Å². The van der Waals surface area contributed by atoms with Gasteiger partial charge in [0, 0.05) is 11.1 Å². The minimum atomic E-state index is -0.948. The standard InChI is InChI=1S/C15H12N2O2S2/c1-8-7-9(2)16-13(12(8)14(18)19)20-15-10-5-3-4-6-11(10)17-21-15/h3-7H,1-2H3,(H,18,19). The first-order valence-electron chi connectivity index (χ1n) is 6.30. The van der Waals surface area contributed by atoms with Gasteiger partial charge in [0.2, 0.25) is 0 Å². The molecule has 0 fully saturated rings. The number of hydrogen-bond acceptors (Lipinski definition) is 5. The predicted octanol–water partition coefficient (Wildman–Crippen LogP) is 4.16. The van der Waals surface area contributed by atoms with Crippen molar-refractivity contribution in [3.63, 3.8) is 0 Å². The Kier molecular flexibility index (Phi) is 3.65.